The lowest BCUT2D eigenvalue weighted by atomic mass is 10.0. The fourth-order valence-electron chi connectivity index (χ4n) is 3.52. The molecule has 2 aromatic carbocycles. The second-order valence-corrected chi connectivity index (χ2v) is 7.02. The van der Waals surface area contributed by atoms with E-state index >= 15 is 0 Å². The van der Waals surface area contributed by atoms with Crippen molar-refractivity contribution < 1.29 is 13.9 Å². The van der Waals surface area contributed by atoms with Crippen LogP contribution in [0.3, 0.4) is 0 Å². The number of pyridine rings is 1. The summed E-state index contributed by atoms with van der Waals surface area (Å²) < 4.78 is 20.9. The molecule has 0 saturated heterocycles. The lowest BCUT2D eigenvalue weighted by Crippen LogP contribution is -2.31. The molecule has 1 atom stereocenters. The van der Waals surface area contributed by atoms with E-state index in [1.807, 2.05) is 37.3 Å². The summed E-state index contributed by atoms with van der Waals surface area (Å²) in [6.45, 7) is 1.92. The minimum absolute atomic E-state index is 0.197. The first-order valence-electron chi connectivity index (χ1n) is 9.25. The van der Waals surface area contributed by atoms with E-state index in [-0.39, 0.29) is 17.7 Å². The van der Waals surface area contributed by atoms with Crippen LogP contribution in [0.4, 0.5) is 10.3 Å². The first-order valence-corrected chi connectivity index (χ1v) is 9.25. The molecule has 1 amide bonds. The van der Waals surface area contributed by atoms with E-state index in [2.05, 4.69) is 15.4 Å². The Morgan fingerprint density at radius 1 is 1.21 bits per heavy atom. The molecule has 0 saturated carbocycles. The van der Waals surface area contributed by atoms with E-state index in [4.69, 9.17) is 4.74 Å². The Labute approximate surface area is 166 Å². The van der Waals surface area contributed by atoms with Gasteiger partial charge in [-0.1, -0.05) is 24.3 Å². The number of aryl methyl sites for hydroxylation is 1. The highest BCUT2D eigenvalue weighted by Crippen LogP contribution is 2.29. The molecule has 0 aliphatic carbocycles. The van der Waals surface area contributed by atoms with Gasteiger partial charge < -0.3 is 4.74 Å². The van der Waals surface area contributed by atoms with Gasteiger partial charge in [0.2, 0.25) is 5.95 Å². The van der Waals surface area contributed by atoms with E-state index < -0.39 is 6.10 Å². The van der Waals surface area contributed by atoms with Crippen LogP contribution in [0.5, 0.6) is 5.75 Å². The van der Waals surface area contributed by atoms with Crippen molar-refractivity contribution in [3.8, 4) is 16.9 Å². The number of carbonyl (C=O) groups is 1. The summed E-state index contributed by atoms with van der Waals surface area (Å²) in [6.07, 6.45) is 1.67. The van der Waals surface area contributed by atoms with Gasteiger partial charge in [-0.2, -0.15) is 4.98 Å². The van der Waals surface area contributed by atoms with Crippen LogP contribution in [-0.4, -0.2) is 26.6 Å². The number of aromatic nitrogens is 3. The Balaban J connectivity index is 1.38. The zero-order valence-electron chi connectivity index (χ0n) is 15.6. The fourth-order valence-corrected chi connectivity index (χ4v) is 3.52. The highest BCUT2D eigenvalue weighted by atomic mass is 19.1. The van der Waals surface area contributed by atoms with Gasteiger partial charge in [0, 0.05) is 18.2 Å². The number of benzene rings is 2. The first-order chi connectivity index (χ1) is 14.1. The number of nitrogens with zero attached hydrogens (tertiary/aromatic N) is 3. The van der Waals surface area contributed by atoms with E-state index in [1.165, 1.54) is 12.1 Å². The molecule has 144 valence electrons. The summed E-state index contributed by atoms with van der Waals surface area (Å²) in [6, 6.07) is 15.9. The van der Waals surface area contributed by atoms with E-state index in [0.717, 1.165) is 28.0 Å². The Hall–Kier alpha value is -3.74. The smallest absolute Gasteiger partial charge is 0.268 e. The maximum absolute atomic E-state index is 13.6. The molecule has 0 radical (unpaired) electrons. The lowest BCUT2D eigenvalue weighted by molar-refractivity contribution is -0.122. The molecule has 29 heavy (non-hydrogen) atoms. The number of hydrogen-bond donors (Lipinski definition) is 1. The molecule has 1 aliphatic heterocycles. The van der Waals surface area contributed by atoms with Crippen molar-refractivity contribution in [2.24, 2.45) is 0 Å². The molecular formula is C22H17FN4O2. The summed E-state index contributed by atoms with van der Waals surface area (Å²) in [5.74, 6) is 0.335. The Morgan fingerprint density at radius 3 is 2.93 bits per heavy atom. The van der Waals surface area contributed by atoms with Gasteiger partial charge in [0.15, 0.2) is 11.8 Å². The molecule has 7 heteroatoms. The fraction of sp³-hybridized carbons (Fsp3) is 0.136. The molecule has 0 unspecified atom stereocenters. The molecule has 6 nitrogen and oxygen atoms in total. The largest absolute Gasteiger partial charge is 0.480 e. The van der Waals surface area contributed by atoms with Crippen molar-refractivity contribution in [2.45, 2.75) is 19.4 Å². The van der Waals surface area contributed by atoms with Crippen molar-refractivity contribution >= 4 is 17.5 Å². The van der Waals surface area contributed by atoms with Gasteiger partial charge in [-0.25, -0.2) is 8.91 Å². The van der Waals surface area contributed by atoms with Gasteiger partial charge in [-0.3, -0.25) is 10.1 Å². The molecule has 5 rings (SSSR count). The van der Waals surface area contributed by atoms with Gasteiger partial charge in [0.05, 0.1) is 0 Å². The van der Waals surface area contributed by atoms with Crippen LogP contribution in [0.2, 0.25) is 0 Å². The number of hydrogen-bond acceptors (Lipinski definition) is 4. The summed E-state index contributed by atoms with van der Waals surface area (Å²) in [5.41, 5.74) is 4.13. The molecule has 4 aromatic rings. The summed E-state index contributed by atoms with van der Waals surface area (Å²) in [4.78, 5) is 16.9. The molecule has 0 fully saturated rings. The van der Waals surface area contributed by atoms with Gasteiger partial charge >= 0.3 is 0 Å². The molecule has 2 aromatic heterocycles. The Bertz CT molecular complexity index is 1230. The van der Waals surface area contributed by atoms with Gasteiger partial charge in [0.1, 0.15) is 11.6 Å². The zero-order valence-corrected chi connectivity index (χ0v) is 15.6. The third-order valence-electron chi connectivity index (χ3n) is 5.02. The van der Waals surface area contributed by atoms with E-state index in [9.17, 15) is 9.18 Å². The highest BCUT2D eigenvalue weighted by Gasteiger charge is 2.29. The number of amides is 1. The number of halogens is 1. The molecule has 0 bridgehead atoms. The molecule has 1 N–H and O–H groups in total. The van der Waals surface area contributed by atoms with Crippen LogP contribution < -0.4 is 10.1 Å². The minimum atomic E-state index is -0.607. The number of ether oxygens (including phenoxy) is 1. The van der Waals surface area contributed by atoms with Crippen molar-refractivity contribution in [3.05, 3.63) is 77.7 Å². The number of anilines is 1. The normalized spacial score (nSPS) is 15.2. The Morgan fingerprint density at radius 2 is 2.07 bits per heavy atom. The maximum atomic E-state index is 13.6. The van der Waals surface area contributed by atoms with E-state index in [0.29, 0.717) is 12.1 Å². The highest BCUT2D eigenvalue weighted by molar-refractivity contribution is 5.93. The van der Waals surface area contributed by atoms with Crippen LogP contribution in [0.25, 0.3) is 16.8 Å². The number of rotatable bonds is 3. The van der Waals surface area contributed by atoms with Crippen molar-refractivity contribution in [1.82, 2.24) is 14.6 Å². The maximum Gasteiger partial charge on any atom is 0.268 e. The molecule has 3 heterocycles. The molecule has 0 spiro atoms. The van der Waals surface area contributed by atoms with Crippen molar-refractivity contribution in [1.29, 1.82) is 0 Å². The first kappa shape index (κ1) is 17.4. The molecular weight excluding hydrogens is 371 g/mol. The number of fused-ring (bicyclic) bond motifs is 2. The SMILES string of the molecule is Cc1ccc(F)cc1-c1ccc2nc(NC(=O)[C@H]3Cc4ccccc4O3)nn2c1. The second kappa shape index (κ2) is 6.70. The number of carbonyl (C=O) groups excluding carboxylic acids is 1. The minimum Gasteiger partial charge on any atom is -0.480 e. The number of para-hydroxylation sites is 1. The van der Waals surface area contributed by atoms with Crippen LogP contribution in [-0.2, 0) is 11.2 Å². The predicted molar refractivity (Wildman–Crippen MR) is 106 cm³/mol. The van der Waals surface area contributed by atoms with Crippen molar-refractivity contribution in [3.63, 3.8) is 0 Å². The van der Waals surface area contributed by atoms with Gasteiger partial charge in [0.25, 0.3) is 5.91 Å². The topological polar surface area (TPSA) is 68.5 Å². The summed E-state index contributed by atoms with van der Waals surface area (Å²) in [7, 11) is 0. The third kappa shape index (κ3) is 3.20. The average Bonchev–Trinajstić information content (AvgIpc) is 3.32. The predicted octanol–water partition coefficient (Wildman–Crippen LogP) is 3.79. The monoisotopic (exact) mass is 388 g/mol. The quantitative estimate of drug-likeness (QED) is 0.580. The van der Waals surface area contributed by atoms with Crippen LogP contribution in [0.15, 0.2) is 60.8 Å². The Kier molecular flexibility index (Phi) is 4.01. The third-order valence-corrected chi connectivity index (χ3v) is 5.02. The van der Waals surface area contributed by atoms with Crippen LogP contribution in [0, 0.1) is 12.7 Å². The van der Waals surface area contributed by atoms with Gasteiger partial charge in [-0.15, -0.1) is 5.10 Å². The van der Waals surface area contributed by atoms with Crippen LogP contribution >= 0.6 is 0 Å². The van der Waals surface area contributed by atoms with Crippen LogP contribution in [0.1, 0.15) is 11.1 Å². The second-order valence-electron chi connectivity index (χ2n) is 7.02. The zero-order chi connectivity index (χ0) is 20.0. The summed E-state index contributed by atoms with van der Waals surface area (Å²) in [5, 5.41) is 7.06. The number of nitrogens with one attached hydrogen (secondary N) is 1. The summed E-state index contributed by atoms with van der Waals surface area (Å²) >= 11 is 0. The lowest BCUT2D eigenvalue weighted by Gasteiger charge is -2.08. The van der Waals surface area contributed by atoms with Crippen molar-refractivity contribution in [2.75, 3.05) is 5.32 Å². The molecule has 1 aliphatic rings. The average molecular weight is 388 g/mol. The van der Waals surface area contributed by atoms with E-state index in [1.54, 1.807) is 22.8 Å². The standard InChI is InChI=1S/C22H17FN4O2/c1-13-6-8-16(23)11-17(13)15-7-9-20-24-22(26-27(20)12-15)25-21(28)19-10-14-4-2-3-5-18(14)29-19/h2-9,11-12,19H,10H2,1H3,(H,25,26,28)/t19-/m1/s1. The van der Waals surface area contributed by atoms with Gasteiger partial charge in [-0.05, 0) is 53.9 Å².